The molecule has 2 rings (SSSR count). The SMILES string of the molecule is N#CC1(C2=C(Cl)CCC(F)=C2)CCC1. The number of nitrogens with zero attached hydrogens (tertiary/aromatic N) is 1. The predicted octanol–water partition coefficient (Wildman–Crippen LogP) is 3.82. The lowest BCUT2D eigenvalue weighted by Gasteiger charge is -2.38. The van der Waals surface area contributed by atoms with Crippen LogP contribution in [0.25, 0.3) is 0 Å². The average molecular weight is 212 g/mol. The van der Waals surface area contributed by atoms with Gasteiger partial charge in [0.1, 0.15) is 5.83 Å². The molecule has 0 aromatic carbocycles. The van der Waals surface area contributed by atoms with E-state index in [9.17, 15) is 4.39 Å². The summed E-state index contributed by atoms with van der Waals surface area (Å²) in [6.07, 6.45) is 5.06. The van der Waals surface area contributed by atoms with Gasteiger partial charge in [-0.25, -0.2) is 4.39 Å². The average Bonchev–Trinajstić information content (AvgIpc) is 2.10. The first-order valence-electron chi connectivity index (χ1n) is 4.84. The molecule has 0 heterocycles. The third-order valence-corrected chi connectivity index (χ3v) is 3.51. The summed E-state index contributed by atoms with van der Waals surface area (Å²) in [7, 11) is 0. The first-order chi connectivity index (χ1) is 6.68. The van der Waals surface area contributed by atoms with E-state index in [0.717, 1.165) is 24.8 Å². The predicted molar refractivity (Wildman–Crippen MR) is 53.2 cm³/mol. The normalized spacial score (nSPS) is 25.1. The molecule has 0 aromatic heterocycles. The second-order valence-corrected chi connectivity index (χ2v) is 4.41. The topological polar surface area (TPSA) is 23.8 Å². The van der Waals surface area contributed by atoms with Crippen molar-refractivity contribution in [3.8, 4) is 6.07 Å². The molecule has 3 heteroatoms. The molecule has 0 spiro atoms. The molecule has 2 aliphatic carbocycles. The number of nitriles is 1. The van der Waals surface area contributed by atoms with Gasteiger partial charge < -0.3 is 0 Å². The van der Waals surface area contributed by atoms with Crippen molar-refractivity contribution in [3.63, 3.8) is 0 Å². The van der Waals surface area contributed by atoms with Crippen LogP contribution >= 0.6 is 11.6 Å². The van der Waals surface area contributed by atoms with Crippen molar-refractivity contribution in [2.24, 2.45) is 5.41 Å². The van der Waals surface area contributed by atoms with Crippen LogP contribution in [-0.2, 0) is 0 Å². The maximum absolute atomic E-state index is 13.1. The van der Waals surface area contributed by atoms with Gasteiger partial charge in [0, 0.05) is 11.5 Å². The fourth-order valence-electron chi connectivity index (χ4n) is 2.04. The lowest BCUT2D eigenvalue weighted by atomic mass is 9.64. The number of allylic oxidation sites excluding steroid dienone is 4. The zero-order valence-corrected chi connectivity index (χ0v) is 8.57. The Balaban J connectivity index is 2.37. The molecular formula is C11H11ClFN. The maximum Gasteiger partial charge on any atom is 0.101 e. The molecule has 14 heavy (non-hydrogen) atoms. The number of halogens is 2. The molecule has 0 saturated heterocycles. The number of hydrogen-bond donors (Lipinski definition) is 0. The molecule has 0 bridgehead atoms. The summed E-state index contributed by atoms with van der Waals surface area (Å²) in [6.45, 7) is 0. The van der Waals surface area contributed by atoms with Gasteiger partial charge in [-0.1, -0.05) is 11.6 Å². The highest BCUT2D eigenvalue weighted by Crippen LogP contribution is 2.50. The van der Waals surface area contributed by atoms with E-state index in [1.807, 2.05) is 0 Å². The fraction of sp³-hybridized carbons (Fsp3) is 0.545. The Hall–Kier alpha value is -0.810. The van der Waals surface area contributed by atoms with Gasteiger partial charge >= 0.3 is 0 Å². The second-order valence-electron chi connectivity index (χ2n) is 3.96. The van der Waals surface area contributed by atoms with Crippen molar-refractivity contribution in [1.82, 2.24) is 0 Å². The summed E-state index contributed by atoms with van der Waals surface area (Å²) >= 11 is 6.04. The molecular weight excluding hydrogens is 201 g/mol. The first-order valence-corrected chi connectivity index (χ1v) is 5.22. The summed E-state index contributed by atoms with van der Waals surface area (Å²) in [4.78, 5) is 0. The zero-order valence-electron chi connectivity index (χ0n) is 7.82. The van der Waals surface area contributed by atoms with E-state index in [1.165, 1.54) is 6.08 Å². The van der Waals surface area contributed by atoms with Crippen LogP contribution in [0.1, 0.15) is 32.1 Å². The van der Waals surface area contributed by atoms with Gasteiger partial charge in [-0.05, 0) is 37.3 Å². The van der Waals surface area contributed by atoms with Crippen LogP contribution in [0.15, 0.2) is 22.5 Å². The second kappa shape index (κ2) is 3.40. The maximum atomic E-state index is 13.1. The van der Waals surface area contributed by atoms with Gasteiger partial charge in [0.05, 0.1) is 11.5 Å². The van der Waals surface area contributed by atoms with E-state index < -0.39 is 5.41 Å². The molecule has 0 amide bonds. The van der Waals surface area contributed by atoms with Crippen LogP contribution in [0.3, 0.4) is 0 Å². The van der Waals surface area contributed by atoms with Crippen molar-refractivity contribution in [3.05, 3.63) is 22.5 Å². The van der Waals surface area contributed by atoms with Crippen LogP contribution in [0.5, 0.6) is 0 Å². The fourth-order valence-corrected chi connectivity index (χ4v) is 2.37. The monoisotopic (exact) mass is 211 g/mol. The van der Waals surface area contributed by atoms with Gasteiger partial charge in [-0.2, -0.15) is 5.26 Å². The third-order valence-electron chi connectivity index (χ3n) is 3.11. The number of hydrogen-bond acceptors (Lipinski definition) is 1. The minimum atomic E-state index is -0.477. The van der Waals surface area contributed by atoms with Crippen molar-refractivity contribution in [1.29, 1.82) is 5.26 Å². The highest BCUT2D eigenvalue weighted by molar-refractivity contribution is 6.30. The van der Waals surface area contributed by atoms with Crippen LogP contribution in [-0.4, -0.2) is 0 Å². The Morgan fingerprint density at radius 3 is 2.64 bits per heavy atom. The van der Waals surface area contributed by atoms with Crippen LogP contribution < -0.4 is 0 Å². The van der Waals surface area contributed by atoms with Gasteiger partial charge in [0.15, 0.2) is 0 Å². The smallest absolute Gasteiger partial charge is 0.101 e. The van der Waals surface area contributed by atoms with E-state index in [-0.39, 0.29) is 5.83 Å². The molecule has 0 N–H and O–H groups in total. The Morgan fingerprint density at radius 1 is 1.43 bits per heavy atom. The minimum absolute atomic E-state index is 0.147. The molecule has 74 valence electrons. The van der Waals surface area contributed by atoms with Gasteiger partial charge in [-0.3, -0.25) is 0 Å². The van der Waals surface area contributed by atoms with E-state index in [4.69, 9.17) is 16.9 Å². The first kappa shape index (κ1) is 9.73. The van der Waals surface area contributed by atoms with E-state index in [1.54, 1.807) is 0 Å². The standard InChI is InChI=1S/C11H11ClFN/c12-10-3-2-8(13)6-9(10)11(7-14)4-1-5-11/h6H,1-5H2. The lowest BCUT2D eigenvalue weighted by Crippen LogP contribution is -2.30. The van der Waals surface area contributed by atoms with E-state index in [0.29, 0.717) is 17.9 Å². The van der Waals surface area contributed by atoms with E-state index >= 15 is 0 Å². The highest BCUT2D eigenvalue weighted by Gasteiger charge is 2.42. The quantitative estimate of drug-likeness (QED) is 0.647. The summed E-state index contributed by atoms with van der Waals surface area (Å²) in [5.74, 6) is -0.147. The molecule has 0 radical (unpaired) electrons. The van der Waals surface area contributed by atoms with Crippen LogP contribution in [0.4, 0.5) is 4.39 Å². The van der Waals surface area contributed by atoms with Gasteiger partial charge in [0.25, 0.3) is 0 Å². The van der Waals surface area contributed by atoms with Crippen molar-refractivity contribution in [2.45, 2.75) is 32.1 Å². The third kappa shape index (κ3) is 1.36. The van der Waals surface area contributed by atoms with Crippen molar-refractivity contribution >= 4 is 11.6 Å². The zero-order chi connectivity index (χ0) is 10.2. The number of rotatable bonds is 1. The van der Waals surface area contributed by atoms with E-state index in [2.05, 4.69) is 6.07 Å². The highest BCUT2D eigenvalue weighted by atomic mass is 35.5. The summed E-state index contributed by atoms with van der Waals surface area (Å²) < 4.78 is 13.1. The molecule has 0 aliphatic heterocycles. The largest absolute Gasteiger partial charge is 0.212 e. The summed E-state index contributed by atoms with van der Waals surface area (Å²) in [6, 6.07) is 2.28. The van der Waals surface area contributed by atoms with Crippen LogP contribution in [0.2, 0.25) is 0 Å². The molecule has 0 atom stereocenters. The molecule has 2 aliphatic rings. The molecule has 1 saturated carbocycles. The van der Waals surface area contributed by atoms with Crippen molar-refractivity contribution in [2.75, 3.05) is 0 Å². The Bertz CT molecular complexity index is 358. The van der Waals surface area contributed by atoms with Crippen LogP contribution in [0, 0.1) is 16.7 Å². The van der Waals surface area contributed by atoms with Gasteiger partial charge in [0.2, 0.25) is 0 Å². The molecule has 0 aromatic rings. The molecule has 0 unspecified atom stereocenters. The Kier molecular flexibility index (Phi) is 2.36. The Labute approximate surface area is 87.9 Å². The summed E-state index contributed by atoms with van der Waals surface area (Å²) in [5, 5.41) is 9.77. The summed E-state index contributed by atoms with van der Waals surface area (Å²) in [5.41, 5.74) is 0.256. The lowest BCUT2D eigenvalue weighted by molar-refractivity contribution is 0.271. The minimum Gasteiger partial charge on any atom is -0.212 e. The molecule has 1 fully saturated rings. The van der Waals surface area contributed by atoms with Crippen molar-refractivity contribution < 1.29 is 4.39 Å². The Morgan fingerprint density at radius 2 is 2.14 bits per heavy atom. The van der Waals surface area contributed by atoms with Gasteiger partial charge in [-0.15, -0.1) is 0 Å². The molecule has 1 nitrogen and oxygen atoms in total.